The van der Waals surface area contributed by atoms with Crippen LogP contribution in [0.15, 0.2) is 60.5 Å². The van der Waals surface area contributed by atoms with Gasteiger partial charge >= 0.3 is 0 Å². The molecule has 2 aromatic carbocycles. The van der Waals surface area contributed by atoms with Gasteiger partial charge in [-0.1, -0.05) is 24.8 Å². The Bertz CT molecular complexity index is 1040. The number of ether oxygens (including phenoxy) is 1. The number of hydrogen-bond donors (Lipinski definition) is 1. The van der Waals surface area contributed by atoms with Gasteiger partial charge in [0.2, 0.25) is 5.91 Å². The molecule has 140 valence electrons. The molecule has 0 spiro atoms. The van der Waals surface area contributed by atoms with Crippen LogP contribution < -0.4 is 10.1 Å². The first-order chi connectivity index (χ1) is 13.6. The smallest absolute Gasteiger partial charge is 0.259 e. The number of rotatable bonds is 5. The average molecular weight is 391 g/mol. The molecule has 0 saturated heterocycles. The minimum atomic E-state index is -0.321. The molecular formula is C21H17N3O3S. The number of carbonyl (C=O) groups is 2. The van der Waals surface area contributed by atoms with Gasteiger partial charge in [-0.3, -0.25) is 14.5 Å². The van der Waals surface area contributed by atoms with Crippen LogP contribution in [-0.2, 0) is 4.79 Å². The molecule has 0 fully saturated rings. The highest BCUT2D eigenvalue weighted by molar-refractivity contribution is 7.14. The molecule has 1 aliphatic heterocycles. The van der Waals surface area contributed by atoms with E-state index in [1.54, 1.807) is 19.2 Å². The first-order valence-electron chi connectivity index (χ1n) is 8.57. The van der Waals surface area contributed by atoms with Crippen LogP contribution in [-0.4, -0.2) is 35.4 Å². The van der Waals surface area contributed by atoms with Crippen LogP contribution in [0.2, 0.25) is 0 Å². The number of anilines is 1. The number of methoxy groups -OCH3 is 1. The van der Waals surface area contributed by atoms with Crippen molar-refractivity contribution in [2.24, 2.45) is 0 Å². The standard InChI is InChI=1S/C21H17N3O3S/c1-13-16-5-3-4-6-17(16)20(26)24(13)11-19(25)23-21-22-18(12-28-21)14-7-9-15(27-2)10-8-14/h3-10,12H,1,11H2,2H3,(H,22,23,25). The van der Waals surface area contributed by atoms with Gasteiger partial charge in [0, 0.05) is 27.8 Å². The van der Waals surface area contributed by atoms with Crippen LogP contribution >= 0.6 is 11.3 Å². The number of benzene rings is 2. The number of aromatic nitrogens is 1. The van der Waals surface area contributed by atoms with Gasteiger partial charge in [0.15, 0.2) is 5.13 Å². The molecule has 0 atom stereocenters. The molecule has 0 radical (unpaired) electrons. The molecular weight excluding hydrogens is 374 g/mol. The van der Waals surface area contributed by atoms with E-state index in [1.165, 1.54) is 16.2 Å². The minimum Gasteiger partial charge on any atom is -0.497 e. The van der Waals surface area contributed by atoms with Crippen molar-refractivity contribution >= 4 is 34.0 Å². The third kappa shape index (κ3) is 3.27. The first-order valence-corrected chi connectivity index (χ1v) is 9.45. The summed E-state index contributed by atoms with van der Waals surface area (Å²) in [6.07, 6.45) is 0. The Balaban J connectivity index is 1.43. The number of hydrogen-bond acceptors (Lipinski definition) is 5. The molecule has 0 aliphatic carbocycles. The second kappa shape index (κ2) is 7.28. The number of nitrogens with zero attached hydrogens (tertiary/aromatic N) is 2. The number of amides is 2. The number of fused-ring (bicyclic) bond motifs is 1. The fraction of sp³-hybridized carbons (Fsp3) is 0.0952. The highest BCUT2D eigenvalue weighted by Gasteiger charge is 2.31. The van der Waals surface area contributed by atoms with Gasteiger partial charge in [-0.2, -0.15) is 0 Å². The van der Waals surface area contributed by atoms with E-state index >= 15 is 0 Å². The topological polar surface area (TPSA) is 71.5 Å². The van der Waals surface area contributed by atoms with Crippen LogP contribution in [0.5, 0.6) is 5.75 Å². The highest BCUT2D eigenvalue weighted by atomic mass is 32.1. The van der Waals surface area contributed by atoms with E-state index in [4.69, 9.17) is 4.74 Å². The van der Waals surface area contributed by atoms with Gasteiger partial charge in [0.25, 0.3) is 5.91 Å². The summed E-state index contributed by atoms with van der Waals surface area (Å²) in [5, 5.41) is 5.10. The van der Waals surface area contributed by atoms with E-state index in [2.05, 4.69) is 16.9 Å². The summed E-state index contributed by atoms with van der Waals surface area (Å²) in [6.45, 7) is 3.84. The normalized spacial score (nSPS) is 12.8. The Morgan fingerprint density at radius 2 is 1.89 bits per heavy atom. The first kappa shape index (κ1) is 17.9. The van der Waals surface area contributed by atoms with E-state index in [-0.39, 0.29) is 18.4 Å². The molecule has 2 amide bonds. The lowest BCUT2D eigenvalue weighted by Crippen LogP contribution is -2.32. The number of carbonyl (C=O) groups excluding carboxylic acids is 2. The Hall–Kier alpha value is -3.45. The van der Waals surface area contributed by atoms with E-state index in [0.29, 0.717) is 16.4 Å². The Kier molecular flexibility index (Phi) is 4.67. The van der Waals surface area contributed by atoms with Crippen molar-refractivity contribution in [2.45, 2.75) is 0 Å². The molecule has 6 nitrogen and oxygen atoms in total. The fourth-order valence-electron chi connectivity index (χ4n) is 3.03. The summed E-state index contributed by atoms with van der Waals surface area (Å²) in [7, 11) is 1.61. The lowest BCUT2D eigenvalue weighted by atomic mass is 10.1. The Morgan fingerprint density at radius 3 is 2.57 bits per heavy atom. The third-order valence-electron chi connectivity index (χ3n) is 4.48. The molecule has 2 heterocycles. The maximum atomic E-state index is 12.5. The van der Waals surface area contributed by atoms with Crippen molar-refractivity contribution < 1.29 is 14.3 Å². The van der Waals surface area contributed by atoms with E-state index in [1.807, 2.05) is 41.8 Å². The fourth-order valence-corrected chi connectivity index (χ4v) is 3.77. The van der Waals surface area contributed by atoms with Gasteiger partial charge in [0.05, 0.1) is 12.8 Å². The SMILES string of the molecule is C=C1c2ccccc2C(=O)N1CC(=O)Nc1nc(-c2ccc(OC)cc2)cs1. The minimum absolute atomic E-state index is 0.107. The molecule has 7 heteroatoms. The lowest BCUT2D eigenvalue weighted by molar-refractivity contribution is -0.116. The molecule has 28 heavy (non-hydrogen) atoms. The van der Waals surface area contributed by atoms with Crippen molar-refractivity contribution in [1.29, 1.82) is 0 Å². The molecule has 1 aromatic heterocycles. The third-order valence-corrected chi connectivity index (χ3v) is 5.24. The van der Waals surface area contributed by atoms with Gasteiger partial charge in [-0.25, -0.2) is 4.98 Å². The molecule has 4 rings (SSSR count). The van der Waals surface area contributed by atoms with Gasteiger partial charge in [-0.15, -0.1) is 11.3 Å². The van der Waals surface area contributed by atoms with E-state index in [9.17, 15) is 9.59 Å². The summed E-state index contributed by atoms with van der Waals surface area (Å²) in [5.74, 6) is 0.232. The highest BCUT2D eigenvalue weighted by Crippen LogP contribution is 2.31. The molecule has 0 saturated carbocycles. The summed E-state index contributed by atoms with van der Waals surface area (Å²) in [5.41, 5.74) is 3.55. The van der Waals surface area contributed by atoms with Crippen LogP contribution in [0.4, 0.5) is 5.13 Å². The Morgan fingerprint density at radius 1 is 1.18 bits per heavy atom. The maximum absolute atomic E-state index is 12.5. The van der Waals surface area contributed by atoms with Gasteiger partial charge in [-0.05, 0) is 30.3 Å². The zero-order valence-electron chi connectivity index (χ0n) is 15.1. The average Bonchev–Trinajstić information content (AvgIpc) is 3.27. The number of nitrogens with one attached hydrogen (secondary N) is 1. The van der Waals surface area contributed by atoms with Crippen LogP contribution in [0.1, 0.15) is 15.9 Å². The van der Waals surface area contributed by atoms with Crippen molar-refractivity contribution in [3.05, 3.63) is 71.6 Å². The molecule has 1 N–H and O–H groups in total. The van der Waals surface area contributed by atoms with Crippen LogP contribution in [0.3, 0.4) is 0 Å². The lowest BCUT2D eigenvalue weighted by Gasteiger charge is -2.16. The van der Waals surface area contributed by atoms with Crippen molar-refractivity contribution in [3.63, 3.8) is 0 Å². The molecule has 1 aliphatic rings. The molecule has 3 aromatic rings. The molecule has 0 bridgehead atoms. The van der Waals surface area contributed by atoms with Crippen LogP contribution in [0, 0.1) is 0 Å². The second-order valence-corrected chi connectivity index (χ2v) is 7.06. The predicted molar refractivity (Wildman–Crippen MR) is 109 cm³/mol. The van der Waals surface area contributed by atoms with Crippen molar-refractivity contribution in [3.8, 4) is 17.0 Å². The summed E-state index contributed by atoms with van der Waals surface area (Å²) in [4.78, 5) is 30.8. The predicted octanol–water partition coefficient (Wildman–Crippen LogP) is 3.88. The quantitative estimate of drug-likeness (QED) is 0.716. The summed E-state index contributed by atoms with van der Waals surface area (Å²) < 4.78 is 5.15. The summed E-state index contributed by atoms with van der Waals surface area (Å²) in [6, 6.07) is 14.7. The monoisotopic (exact) mass is 391 g/mol. The molecule has 0 unspecified atom stereocenters. The second-order valence-electron chi connectivity index (χ2n) is 6.20. The van der Waals surface area contributed by atoms with E-state index in [0.717, 1.165) is 22.6 Å². The van der Waals surface area contributed by atoms with Crippen molar-refractivity contribution in [2.75, 3.05) is 19.0 Å². The van der Waals surface area contributed by atoms with Crippen LogP contribution in [0.25, 0.3) is 17.0 Å². The van der Waals surface area contributed by atoms with Gasteiger partial charge in [0.1, 0.15) is 12.3 Å². The van der Waals surface area contributed by atoms with Crippen molar-refractivity contribution in [1.82, 2.24) is 9.88 Å². The Labute approximate surface area is 166 Å². The van der Waals surface area contributed by atoms with Gasteiger partial charge < -0.3 is 10.1 Å². The maximum Gasteiger partial charge on any atom is 0.259 e. The zero-order chi connectivity index (χ0) is 19.7. The zero-order valence-corrected chi connectivity index (χ0v) is 16.0. The summed E-state index contributed by atoms with van der Waals surface area (Å²) >= 11 is 1.33. The largest absolute Gasteiger partial charge is 0.497 e. The van der Waals surface area contributed by atoms with E-state index < -0.39 is 0 Å². The number of thiazole rings is 1.